The van der Waals surface area contributed by atoms with E-state index >= 15 is 0 Å². The average molecular weight is 1310 g/mol. The molecule has 4 heterocycles. The molecule has 2 aromatic heterocycles. The van der Waals surface area contributed by atoms with E-state index in [2.05, 4.69) is 127 Å². The molecule has 0 unspecified atom stereocenters. The molecule has 6 aromatic carbocycles. The molecule has 4 N–H and O–H groups in total. The van der Waals surface area contributed by atoms with E-state index in [1.54, 1.807) is 24.8 Å². The van der Waals surface area contributed by atoms with Crippen LogP contribution in [0.25, 0.3) is 11.1 Å². The van der Waals surface area contributed by atoms with Gasteiger partial charge in [0, 0.05) is 76.4 Å². The Hall–Kier alpha value is -5.56. The summed E-state index contributed by atoms with van der Waals surface area (Å²) >= 11 is 3.50. The summed E-state index contributed by atoms with van der Waals surface area (Å²) in [6, 6.07) is 51.9. The van der Waals surface area contributed by atoms with Gasteiger partial charge in [-0.15, -0.1) is 42.4 Å². The molecule has 346 valence electrons. The molecule has 0 amide bonds. The minimum atomic E-state index is 0. The number of para-hydroxylation sites is 2. The second-order valence-electron chi connectivity index (χ2n) is 14.8. The number of nitrogens with zero attached hydrogens (tertiary/aromatic N) is 8. The number of anilines is 8. The van der Waals surface area contributed by atoms with Crippen molar-refractivity contribution in [3.63, 3.8) is 0 Å². The van der Waals surface area contributed by atoms with Crippen molar-refractivity contribution >= 4 is 75.3 Å². The molecule has 0 bridgehead atoms. The first-order valence-electron chi connectivity index (χ1n) is 21.1. The summed E-state index contributed by atoms with van der Waals surface area (Å²) in [6.07, 6.45) is 9.90. The van der Waals surface area contributed by atoms with Crippen LogP contribution in [0.2, 0.25) is 0 Å². The van der Waals surface area contributed by atoms with E-state index in [9.17, 15) is 0 Å². The van der Waals surface area contributed by atoms with E-state index in [0.29, 0.717) is 0 Å². The van der Waals surface area contributed by atoms with E-state index in [4.69, 9.17) is 7.85 Å². The zero-order valence-electron chi connectivity index (χ0n) is 37.5. The van der Waals surface area contributed by atoms with Crippen molar-refractivity contribution in [1.82, 2.24) is 19.9 Å². The zero-order chi connectivity index (χ0) is 43.7. The summed E-state index contributed by atoms with van der Waals surface area (Å²) in [4.78, 5) is 26.3. The molecular formula is C53H50BBrIr2N8O2-4. The Morgan fingerprint density at radius 3 is 1.39 bits per heavy atom. The van der Waals surface area contributed by atoms with Crippen LogP contribution in [-0.2, 0) is 59.5 Å². The van der Waals surface area contributed by atoms with E-state index in [0.717, 1.165) is 75.2 Å². The molecule has 0 spiro atoms. The van der Waals surface area contributed by atoms with Crippen LogP contribution >= 0.6 is 15.9 Å². The minimum absolute atomic E-state index is 0. The molecule has 2 aliphatic rings. The summed E-state index contributed by atoms with van der Waals surface area (Å²) < 4.78 is 0.998. The monoisotopic (exact) mass is 1310 g/mol. The second kappa shape index (κ2) is 25.5. The molecule has 0 fully saturated rings. The SMILES string of the molecule is Brc1cc[c-]c(N2[CH-]N(c3ccccc3)c3nccnc32)c1.CCc1cccc(CC)c1-c1cc[c-]c(N2[CH-]N(c3ccccc3)c3nccnc32)c1.O.O.[B]c1c(C)cccc1CC.[Ir].[Ir]. The van der Waals surface area contributed by atoms with Crippen LogP contribution < -0.4 is 25.1 Å². The molecule has 67 heavy (non-hydrogen) atoms. The Morgan fingerprint density at radius 1 is 0.522 bits per heavy atom. The predicted molar refractivity (Wildman–Crippen MR) is 270 cm³/mol. The number of rotatable bonds is 8. The molecule has 4 radical (unpaired) electrons. The fourth-order valence-electron chi connectivity index (χ4n) is 7.66. The third kappa shape index (κ3) is 12.1. The van der Waals surface area contributed by atoms with Crippen molar-refractivity contribution in [2.75, 3.05) is 19.6 Å². The molecule has 0 atom stereocenters. The summed E-state index contributed by atoms with van der Waals surface area (Å²) in [5.41, 5.74) is 12.6. The number of hydrogen-bond donors (Lipinski definition) is 0. The van der Waals surface area contributed by atoms with Crippen molar-refractivity contribution in [3.05, 3.63) is 210 Å². The van der Waals surface area contributed by atoms with Gasteiger partial charge in [-0.25, -0.2) is 19.9 Å². The first kappa shape index (κ1) is 54.1. The van der Waals surface area contributed by atoms with Crippen LogP contribution in [0.1, 0.15) is 43.0 Å². The second-order valence-corrected chi connectivity index (χ2v) is 15.7. The van der Waals surface area contributed by atoms with Gasteiger partial charge in [-0.05, 0) is 67.1 Å². The molecule has 2 aliphatic heterocycles. The fourth-order valence-corrected chi connectivity index (χ4v) is 8.01. The maximum atomic E-state index is 5.79. The molecule has 8 aromatic rings. The van der Waals surface area contributed by atoms with Crippen LogP contribution in [0, 0.1) is 32.4 Å². The first-order valence-corrected chi connectivity index (χ1v) is 21.9. The van der Waals surface area contributed by atoms with Crippen molar-refractivity contribution in [3.8, 4) is 11.1 Å². The number of aryl methyl sites for hydroxylation is 4. The quantitative estimate of drug-likeness (QED) is 0.109. The van der Waals surface area contributed by atoms with Crippen LogP contribution in [-0.4, -0.2) is 38.7 Å². The van der Waals surface area contributed by atoms with Gasteiger partial charge in [0.15, 0.2) is 0 Å². The van der Waals surface area contributed by atoms with Gasteiger partial charge in [0.2, 0.25) is 0 Å². The number of hydrogen-bond acceptors (Lipinski definition) is 8. The molecule has 10 rings (SSSR count). The standard InChI is InChI=1S/C27H24N4.C17H11BrN4.C9H11B.2Ir.2H2O/c1-3-20-10-8-11-21(4-2)25(20)22-12-9-15-24(18-22)31-19-30(23-13-6-5-7-14-23)26-27(31)29-17-16-28-26;18-13-5-4-8-15(11-13)22-12-21(14-6-2-1-3-7-14)16-17(22)20-10-9-19-16;1-3-8-6-4-5-7(2)9(8)10;;;;/h5-14,16-19H,3-4H2,1-2H3;1-7,9-12H;4-6H,3H2,1-2H3;;;2*1H2/q2*-2;;;;;. The van der Waals surface area contributed by atoms with E-state index in [1.807, 2.05) is 115 Å². The van der Waals surface area contributed by atoms with Crippen molar-refractivity contribution in [2.24, 2.45) is 0 Å². The predicted octanol–water partition coefficient (Wildman–Crippen LogP) is 10.6. The molecule has 14 heteroatoms. The van der Waals surface area contributed by atoms with Crippen molar-refractivity contribution < 1.29 is 51.2 Å². The van der Waals surface area contributed by atoms with Gasteiger partial charge in [-0.1, -0.05) is 131 Å². The average Bonchev–Trinajstić information content (AvgIpc) is 3.93. The van der Waals surface area contributed by atoms with Gasteiger partial charge in [-0.2, -0.15) is 36.4 Å². The van der Waals surface area contributed by atoms with Gasteiger partial charge in [-0.3, -0.25) is 0 Å². The molecule has 0 aliphatic carbocycles. The third-order valence-electron chi connectivity index (χ3n) is 10.9. The zero-order valence-corrected chi connectivity index (χ0v) is 43.9. The Kier molecular flexibility index (Phi) is 20.6. The van der Waals surface area contributed by atoms with Crippen molar-refractivity contribution in [2.45, 2.75) is 47.0 Å². The van der Waals surface area contributed by atoms with E-state index in [-0.39, 0.29) is 51.2 Å². The largest absolute Gasteiger partial charge is 0.477 e. The maximum absolute atomic E-state index is 5.79. The van der Waals surface area contributed by atoms with Crippen molar-refractivity contribution in [1.29, 1.82) is 0 Å². The van der Waals surface area contributed by atoms with Crippen LogP contribution in [0.15, 0.2) is 163 Å². The molecular weight excluding hydrogens is 1260 g/mol. The molecule has 0 saturated carbocycles. The van der Waals surface area contributed by atoms with E-state index < -0.39 is 0 Å². The molecule has 10 nitrogen and oxygen atoms in total. The van der Waals surface area contributed by atoms with Gasteiger partial charge in [0.05, 0.1) is 0 Å². The number of halogens is 1. The number of benzene rings is 6. The summed E-state index contributed by atoms with van der Waals surface area (Å²) in [5.74, 6) is 3.22. The first-order chi connectivity index (χ1) is 30.9. The fraction of sp³-hybridized carbons (Fsp3) is 0.132. The van der Waals surface area contributed by atoms with Gasteiger partial charge >= 0.3 is 0 Å². The van der Waals surface area contributed by atoms with Crippen LogP contribution in [0.3, 0.4) is 0 Å². The summed E-state index contributed by atoms with van der Waals surface area (Å²) in [7, 11) is 5.79. The van der Waals surface area contributed by atoms with Crippen LogP contribution in [0.4, 0.5) is 46.0 Å². The molecule has 0 saturated heterocycles. The number of aromatic nitrogens is 4. The van der Waals surface area contributed by atoms with Gasteiger partial charge < -0.3 is 30.6 Å². The Balaban J connectivity index is 0.000000238. The Bertz CT molecular complexity index is 2790. The Morgan fingerprint density at radius 2 is 0.940 bits per heavy atom. The maximum Gasteiger partial charge on any atom is 0.145 e. The smallest absolute Gasteiger partial charge is 0.145 e. The van der Waals surface area contributed by atoms with Gasteiger partial charge in [0.1, 0.15) is 31.1 Å². The Labute approximate surface area is 431 Å². The topological polar surface area (TPSA) is 128 Å². The summed E-state index contributed by atoms with van der Waals surface area (Å²) in [5, 5.41) is 0. The minimum Gasteiger partial charge on any atom is -0.477 e. The normalized spacial score (nSPS) is 11.8. The third-order valence-corrected chi connectivity index (χ3v) is 11.4. The van der Waals surface area contributed by atoms with Crippen LogP contribution in [0.5, 0.6) is 0 Å². The summed E-state index contributed by atoms with van der Waals surface area (Å²) in [6.45, 7) is 12.6. The number of fused-ring (bicyclic) bond motifs is 2. The van der Waals surface area contributed by atoms with E-state index in [1.165, 1.54) is 33.4 Å². The van der Waals surface area contributed by atoms with Gasteiger partial charge in [0.25, 0.3) is 0 Å².